The van der Waals surface area contributed by atoms with Gasteiger partial charge in [0.25, 0.3) is 0 Å². The minimum absolute atomic E-state index is 0.0210. The van der Waals surface area contributed by atoms with Gasteiger partial charge in [0.05, 0.1) is 18.1 Å². The van der Waals surface area contributed by atoms with E-state index in [1.54, 1.807) is 12.1 Å². The molecular weight excluding hydrogens is 230 g/mol. The average molecular weight is 245 g/mol. The van der Waals surface area contributed by atoms with Crippen molar-refractivity contribution in [2.75, 3.05) is 11.5 Å². The van der Waals surface area contributed by atoms with Crippen LogP contribution in [0.15, 0.2) is 16.5 Å². The Bertz CT molecular complexity index is 451. The number of hydrogen-bond donors (Lipinski definition) is 2. The molecule has 0 bridgehead atoms. The van der Waals surface area contributed by atoms with E-state index in [4.69, 9.17) is 9.52 Å². The van der Waals surface area contributed by atoms with E-state index in [2.05, 4.69) is 5.32 Å². The van der Waals surface area contributed by atoms with E-state index in [-0.39, 0.29) is 24.2 Å². The number of aliphatic hydroxyl groups excluding tert-OH is 1. The zero-order valence-corrected chi connectivity index (χ0v) is 9.66. The first-order valence-electron chi connectivity index (χ1n) is 5.21. The van der Waals surface area contributed by atoms with Crippen LogP contribution in [0, 0.1) is 0 Å². The lowest BCUT2D eigenvalue weighted by Crippen LogP contribution is -2.29. The molecule has 1 unspecified atom stereocenters. The summed E-state index contributed by atoms with van der Waals surface area (Å²) in [6.07, 6.45) is 0.663. The van der Waals surface area contributed by atoms with Gasteiger partial charge in [-0.1, -0.05) is 0 Å². The maximum atomic E-state index is 11.2. The molecule has 1 aliphatic rings. The molecule has 0 radical (unpaired) electrons. The zero-order chi connectivity index (χ0) is 11.6. The molecular formula is C10H15NO4S. The van der Waals surface area contributed by atoms with Crippen LogP contribution >= 0.6 is 0 Å². The van der Waals surface area contributed by atoms with Gasteiger partial charge in [-0.15, -0.1) is 0 Å². The molecule has 2 N–H and O–H groups in total. The predicted molar refractivity (Wildman–Crippen MR) is 58.5 cm³/mol. The molecule has 0 amide bonds. The van der Waals surface area contributed by atoms with E-state index in [0.29, 0.717) is 24.5 Å². The summed E-state index contributed by atoms with van der Waals surface area (Å²) >= 11 is 0. The normalized spacial score (nSPS) is 23.7. The fourth-order valence-electron chi connectivity index (χ4n) is 1.80. The fourth-order valence-corrected chi connectivity index (χ4v) is 3.51. The molecule has 1 atom stereocenters. The quantitative estimate of drug-likeness (QED) is 0.783. The molecule has 1 aromatic heterocycles. The number of rotatable bonds is 4. The van der Waals surface area contributed by atoms with Gasteiger partial charge in [-0.2, -0.15) is 0 Å². The Morgan fingerprint density at radius 1 is 1.44 bits per heavy atom. The third-order valence-electron chi connectivity index (χ3n) is 2.67. The van der Waals surface area contributed by atoms with E-state index in [1.807, 2.05) is 0 Å². The van der Waals surface area contributed by atoms with Crippen molar-refractivity contribution in [3.8, 4) is 0 Å². The molecule has 0 aromatic carbocycles. The standard InChI is InChI=1S/C10H15NO4S/c12-6-10-2-1-9(15-10)5-11-8-3-4-16(13,14)7-8/h1-2,8,11-12H,3-7H2. The van der Waals surface area contributed by atoms with Crippen LogP contribution in [0.2, 0.25) is 0 Å². The van der Waals surface area contributed by atoms with Crippen LogP contribution in [0.4, 0.5) is 0 Å². The monoisotopic (exact) mass is 245 g/mol. The fraction of sp³-hybridized carbons (Fsp3) is 0.600. The Kier molecular flexibility index (Phi) is 3.32. The highest BCUT2D eigenvalue weighted by Gasteiger charge is 2.27. The number of sulfone groups is 1. The third kappa shape index (κ3) is 2.84. The van der Waals surface area contributed by atoms with Gasteiger partial charge in [-0.3, -0.25) is 0 Å². The summed E-state index contributed by atoms with van der Waals surface area (Å²) in [4.78, 5) is 0. The van der Waals surface area contributed by atoms with Crippen molar-refractivity contribution < 1.29 is 17.9 Å². The molecule has 1 aromatic rings. The van der Waals surface area contributed by atoms with Crippen LogP contribution in [-0.4, -0.2) is 31.1 Å². The van der Waals surface area contributed by atoms with Crippen LogP contribution in [0.5, 0.6) is 0 Å². The second-order valence-corrected chi connectivity index (χ2v) is 6.24. The van der Waals surface area contributed by atoms with Crippen molar-refractivity contribution in [1.29, 1.82) is 0 Å². The van der Waals surface area contributed by atoms with Gasteiger partial charge in [0.1, 0.15) is 18.1 Å². The largest absolute Gasteiger partial charge is 0.462 e. The molecule has 0 aliphatic carbocycles. The molecule has 0 saturated carbocycles. The molecule has 0 spiro atoms. The van der Waals surface area contributed by atoms with Crippen molar-refractivity contribution in [2.45, 2.75) is 25.6 Å². The van der Waals surface area contributed by atoms with Crippen molar-refractivity contribution in [3.05, 3.63) is 23.7 Å². The maximum absolute atomic E-state index is 11.2. The average Bonchev–Trinajstić information content (AvgIpc) is 2.81. The highest BCUT2D eigenvalue weighted by Crippen LogP contribution is 2.13. The molecule has 1 fully saturated rings. The lowest BCUT2D eigenvalue weighted by molar-refractivity contribution is 0.242. The van der Waals surface area contributed by atoms with Gasteiger partial charge in [-0.05, 0) is 18.6 Å². The molecule has 16 heavy (non-hydrogen) atoms. The number of hydrogen-bond acceptors (Lipinski definition) is 5. The topological polar surface area (TPSA) is 79.5 Å². The number of aliphatic hydroxyl groups is 1. The van der Waals surface area contributed by atoms with Crippen molar-refractivity contribution in [2.24, 2.45) is 0 Å². The lowest BCUT2D eigenvalue weighted by atomic mass is 10.2. The van der Waals surface area contributed by atoms with Crippen LogP contribution in [0.25, 0.3) is 0 Å². The highest BCUT2D eigenvalue weighted by atomic mass is 32.2. The molecule has 1 saturated heterocycles. The Balaban J connectivity index is 1.84. The summed E-state index contributed by atoms with van der Waals surface area (Å²) in [6, 6.07) is 3.51. The Morgan fingerprint density at radius 2 is 2.19 bits per heavy atom. The number of nitrogens with one attached hydrogen (secondary N) is 1. The van der Waals surface area contributed by atoms with E-state index < -0.39 is 9.84 Å². The van der Waals surface area contributed by atoms with Crippen molar-refractivity contribution >= 4 is 9.84 Å². The van der Waals surface area contributed by atoms with Gasteiger partial charge in [0, 0.05) is 6.04 Å². The Labute approximate surface area is 94.4 Å². The van der Waals surface area contributed by atoms with Crippen LogP contribution in [0.3, 0.4) is 0 Å². The van der Waals surface area contributed by atoms with E-state index in [0.717, 1.165) is 0 Å². The Hall–Kier alpha value is -0.850. The van der Waals surface area contributed by atoms with E-state index >= 15 is 0 Å². The third-order valence-corrected chi connectivity index (χ3v) is 4.44. The summed E-state index contributed by atoms with van der Waals surface area (Å²) < 4.78 is 27.7. The molecule has 2 rings (SSSR count). The summed E-state index contributed by atoms with van der Waals surface area (Å²) in [7, 11) is -2.83. The smallest absolute Gasteiger partial charge is 0.151 e. The van der Waals surface area contributed by atoms with Gasteiger partial charge >= 0.3 is 0 Å². The summed E-state index contributed by atoms with van der Waals surface area (Å²) in [6.45, 7) is 0.387. The summed E-state index contributed by atoms with van der Waals surface area (Å²) in [5.74, 6) is 1.72. The number of furan rings is 1. The first kappa shape index (κ1) is 11.6. The Morgan fingerprint density at radius 3 is 2.75 bits per heavy atom. The van der Waals surface area contributed by atoms with E-state index in [1.165, 1.54) is 0 Å². The minimum atomic E-state index is -2.83. The highest BCUT2D eigenvalue weighted by molar-refractivity contribution is 7.91. The molecule has 1 aliphatic heterocycles. The van der Waals surface area contributed by atoms with Crippen LogP contribution < -0.4 is 5.32 Å². The van der Waals surface area contributed by atoms with Gasteiger partial charge in [0.15, 0.2) is 9.84 Å². The van der Waals surface area contributed by atoms with Gasteiger partial charge < -0.3 is 14.8 Å². The second-order valence-electron chi connectivity index (χ2n) is 4.01. The maximum Gasteiger partial charge on any atom is 0.151 e. The molecule has 6 heteroatoms. The molecule has 5 nitrogen and oxygen atoms in total. The van der Waals surface area contributed by atoms with E-state index in [9.17, 15) is 8.42 Å². The van der Waals surface area contributed by atoms with Gasteiger partial charge in [0.2, 0.25) is 0 Å². The first-order valence-corrected chi connectivity index (χ1v) is 7.03. The van der Waals surface area contributed by atoms with Crippen LogP contribution in [-0.2, 0) is 23.0 Å². The van der Waals surface area contributed by atoms with Gasteiger partial charge in [-0.25, -0.2) is 8.42 Å². The summed E-state index contributed by atoms with van der Waals surface area (Å²) in [5, 5.41) is 11.9. The van der Waals surface area contributed by atoms with Crippen LogP contribution in [0.1, 0.15) is 17.9 Å². The predicted octanol–water partition coefficient (Wildman–Crippen LogP) is 0.0486. The first-order chi connectivity index (χ1) is 7.59. The molecule has 90 valence electrons. The SMILES string of the molecule is O=S1(=O)CCC(NCc2ccc(CO)o2)C1. The lowest BCUT2D eigenvalue weighted by Gasteiger charge is -2.08. The van der Waals surface area contributed by atoms with Crippen molar-refractivity contribution in [3.63, 3.8) is 0 Å². The second kappa shape index (κ2) is 4.57. The minimum Gasteiger partial charge on any atom is -0.462 e. The molecule has 2 heterocycles. The van der Waals surface area contributed by atoms with Crippen molar-refractivity contribution in [1.82, 2.24) is 5.32 Å². The summed E-state index contributed by atoms with van der Waals surface area (Å²) in [5.41, 5.74) is 0. The zero-order valence-electron chi connectivity index (χ0n) is 8.85.